The first-order valence-corrected chi connectivity index (χ1v) is 7.08. The number of carbonyl (C=O) groups excluding carboxylic acids is 1. The number of H-pyrrole nitrogens is 1. The fourth-order valence-electron chi connectivity index (χ4n) is 2.45. The topological polar surface area (TPSA) is 86.3 Å². The Labute approximate surface area is 121 Å². The summed E-state index contributed by atoms with van der Waals surface area (Å²) in [4.78, 5) is 32.1. The maximum atomic E-state index is 12.2. The summed E-state index contributed by atoms with van der Waals surface area (Å²) >= 11 is 0. The number of aromatic amines is 1. The lowest BCUT2D eigenvalue weighted by Crippen LogP contribution is -2.37. The summed E-state index contributed by atoms with van der Waals surface area (Å²) in [6, 6.07) is 7.81. The van der Waals surface area contributed by atoms with E-state index >= 15 is 0 Å². The Hall–Kier alpha value is -2.37. The number of carbonyl (C=O) groups is 2. The molecule has 0 unspecified atom stereocenters. The van der Waals surface area contributed by atoms with Gasteiger partial charge in [0.2, 0.25) is 5.91 Å². The van der Waals surface area contributed by atoms with Crippen LogP contribution in [0.4, 0.5) is 0 Å². The quantitative estimate of drug-likeness (QED) is 0.844. The van der Waals surface area contributed by atoms with Crippen molar-refractivity contribution in [2.75, 3.05) is 6.54 Å². The second-order valence-corrected chi connectivity index (χ2v) is 5.35. The largest absolute Gasteiger partial charge is 0.480 e. The molecule has 2 aromatic rings. The number of benzene rings is 1. The molecule has 0 atom stereocenters. The Morgan fingerprint density at radius 3 is 2.76 bits per heavy atom. The predicted molar refractivity (Wildman–Crippen MR) is 76.8 cm³/mol. The lowest BCUT2D eigenvalue weighted by Gasteiger charge is -2.19. The highest BCUT2D eigenvalue weighted by Crippen LogP contribution is 2.27. The monoisotopic (exact) mass is 287 g/mol. The van der Waals surface area contributed by atoms with Gasteiger partial charge in [0.25, 0.3) is 0 Å². The van der Waals surface area contributed by atoms with Gasteiger partial charge in [-0.05, 0) is 25.0 Å². The van der Waals surface area contributed by atoms with E-state index in [9.17, 15) is 9.59 Å². The molecule has 21 heavy (non-hydrogen) atoms. The van der Waals surface area contributed by atoms with Crippen molar-refractivity contribution >= 4 is 22.9 Å². The fraction of sp³-hybridized carbons (Fsp3) is 0.400. The third kappa shape index (κ3) is 3.21. The highest BCUT2D eigenvalue weighted by atomic mass is 16.4. The van der Waals surface area contributed by atoms with Gasteiger partial charge in [0.15, 0.2) is 0 Å². The molecule has 3 rings (SSSR count). The van der Waals surface area contributed by atoms with Crippen molar-refractivity contribution in [3.05, 3.63) is 30.1 Å². The van der Waals surface area contributed by atoms with Gasteiger partial charge in [-0.2, -0.15) is 0 Å². The van der Waals surface area contributed by atoms with Crippen LogP contribution >= 0.6 is 0 Å². The van der Waals surface area contributed by atoms with Crippen LogP contribution in [-0.2, 0) is 16.0 Å². The number of rotatable bonds is 6. The highest BCUT2D eigenvalue weighted by Gasteiger charge is 2.33. The number of carboxylic acids is 1. The van der Waals surface area contributed by atoms with E-state index in [0.717, 1.165) is 29.7 Å². The van der Waals surface area contributed by atoms with Crippen LogP contribution in [0, 0.1) is 0 Å². The molecule has 1 aliphatic carbocycles. The van der Waals surface area contributed by atoms with Crippen LogP contribution in [0.2, 0.25) is 0 Å². The fourth-order valence-corrected chi connectivity index (χ4v) is 2.45. The Morgan fingerprint density at radius 2 is 2.10 bits per heavy atom. The normalized spacial score (nSPS) is 14.3. The van der Waals surface area contributed by atoms with Gasteiger partial charge in [-0.1, -0.05) is 12.1 Å². The number of aliphatic carboxylic acids is 1. The van der Waals surface area contributed by atoms with Crippen LogP contribution in [0.1, 0.15) is 25.1 Å². The highest BCUT2D eigenvalue weighted by molar-refractivity contribution is 5.82. The lowest BCUT2D eigenvalue weighted by atomic mass is 10.2. The van der Waals surface area contributed by atoms with Gasteiger partial charge in [-0.25, -0.2) is 4.98 Å². The second-order valence-electron chi connectivity index (χ2n) is 5.35. The van der Waals surface area contributed by atoms with Crippen LogP contribution in [0.25, 0.3) is 11.0 Å². The molecule has 6 heteroatoms. The number of hydrogen-bond acceptors (Lipinski definition) is 3. The molecular weight excluding hydrogens is 270 g/mol. The molecule has 2 N–H and O–H groups in total. The summed E-state index contributed by atoms with van der Waals surface area (Å²) in [5, 5.41) is 8.88. The number of imidazole rings is 1. The summed E-state index contributed by atoms with van der Waals surface area (Å²) in [5.41, 5.74) is 1.83. The first-order chi connectivity index (χ1) is 10.1. The maximum absolute atomic E-state index is 12.2. The zero-order valence-corrected chi connectivity index (χ0v) is 11.6. The third-order valence-electron chi connectivity index (χ3n) is 3.63. The summed E-state index contributed by atoms with van der Waals surface area (Å²) in [5.74, 6) is -0.310. The molecule has 1 heterocycles. The Kier molecular flexibility index (Phi) is 3.60. The first-order valence-electron chi connectivity index (χ1n) is 7.08. The van der Waals surface area contributed by atoms with Gasteiger partial charge in [-0.3, -0.25) is 9.59 Å². The number of aromatic nitrogens is 2. The van der Waals surface area contributed by atoms with Gasteiger partial charge >= 0.3 is 5.97 Å². The van der Waals surface area contributed by atoms with Gasteiger partial charge in [-0.15, -0.1) is 0 Å². The first kappa shape index (κ1) is 13.6. The van der Waals surface area contributed by atoms with Crippen LogP contribution in [0.5, 0.6) is 0 Å². The summed E-state index contributed by atoms with van der Waals surface area (Å²) in [6.07, 6.45) is 2.59. The van der Waals surface area contributed by atoms with E-state index in [1.54, 1.807) is 0 Å². The average molecular weight is 287 g/mol. The van der Waals surface area contributed by atoms with Crippen molar-refractivity contribution in [3.8, 4) is 0 Å². The molecule has 110 valence electrons. The minimum absolute atomic E-state index is 0.111. The second kappa shape index (κ2) is 5.55. The summed E-state index contributed by atoms with van der Waals surface area (Å²) in [6.45, 7) is -0.205. The van der Waals surface area contributed by atoms with Gasteiger partial charge in [0.1, 0.15) is 12.4 Å². The lowest BCUT2D eigenvalue weighted by molar-refractivity contribution is -0.144. The standard InChI is InChI=1S/C15H17N3O3/c19-14(18(9-15(20)21)10-5-6-10)8-7-13-16-11-3-1-2-4-12(11)17-13/h1-4,10H,5-9H2,(H,16,17)(H,20,21). The molecule has 0 aliphatic heterocycles. The molecule has 0 radical (unpaired) electrons. The molecule has 1 aromatic heterocycles. The van der Waals surface area contributed by atoms with Crippen LogP contribution in [0.3, 0.4) is 0 Å². The van der Waals surface area contributed by atoms with Crippen molar-refractivity contribution in [2.45, 2.75) is 31.7 Å². The zero-order chi connectivity index (χ0) is 14.8. The molecule has 0 spiro atoms. The minimum Gasteiger partial charge on any atom is -0.480 e. The Bertz CT molecular complexity index is 643. The number of amides is 1. The molecule has 6 nitrogen and oxygen atoms in total. The molecule has 0 bridgehead atoms. The van der Waals surface area contributed by atoms with Crippen LogP contribution < -0.4 is 0 Å². The molecule has 0 saturated heterocycles. The molecule has 1 amide bonds. The van der Waals surface area contributed by atoms with E-state index in [4.69, 9.17) is 5.11 Å². The summed E-state index contributed by atoms with van der Waals surface area (Å²) in [7, 11) is 0. The summed E-state index contributed by atoms with van der Waals surface area (Å²) < 4.78 is 0. The van der Waals surface area contributed by atoms with E-state index in [-0.39, 0.29) is 24.9 Å². The van der Waals surface area contributed by atoms with E-state index in [1.165, 1.54) is 4.90 Å². The van der Waals surface area contributed by atoms with Crippen LogP contribution in [0.15, 0.2) is 24.3 Å². The van der Waals surface area contributed by atoms with E-state index in [1.807, 2.05) is 24.3 Å². The van der Waals surface area contributed by atoms with Gasteiger partial charge in [0, 0.05) is 18.9 Å². The number of para-hydroxylation sites is 2. The van der Waals surface area contributed by atoms with Gasteiger partial charge < -0.3 is 15.0 Å². The zero-order valence-electron chi connectivity index (χ0n) is 11.6. The average Bonchev–Trinajstić information content (AvgIpc) is 3.21. The Balaban J connectivity index is 1.62. The van der Waals surface area contributed by atoms with E-state index in [0.29, 0.717) is 6.42 Å². The number of nitrogens with one attached hydrogen (secondary N) is 1. The molecule has 1 saturated carbocycles. The van der Waals surface area contributed by atoms with Crippen LogP contribution in [-0.4, -0.2) is 44.4 Å². The van der Waals surface area contributed by atoms with Crippen molar-refractivity contribution in [1.82, 2.24) is 14.9 Å². The maximum Gasteiger partial charge on any atom is 0.323 e. The van der Waals surface area contributed by atoms with E-state index in [2.05, 4.69) is 9.97 Å². The number of fused-ring (bicyclic) bond motifs is 1. The third-order valence-corrected chi connectivity index (χ3v) is 3.63. The SMILES string of the molecule is O=C(O)CN(C(=O)CCc1nc2ccccc2[nH]1)C1CC1. The van der Waals surface area contributed by atoms with Gasteiger partial charge in [0.05, 0.1) is 11.0 Å². The molecular formula is C15H17N3O3. The van der Waals surface area contributed by atoms with Crippen molar-refractivity contribution < 1.29 is 14.7 Å². The molecule has 1 fully saturated rings. The number of carboxylic acid groups (broad SMARTS) is 1. The molecule has 1 aliphatic rings. The van der Waals surface area contributed by atoms with Crippen molar-refractivity contribution in [1.29, 1.82) is 0 Å². The number of hydrogen-bond donors (Lipinski definition) is 2. The minimum atomic E-state index is -0.959. The number of aryl methyl sites for hydroxylation is 1. The van der Waals surface area contributed by atoms with E-state index < -0.39 is 5.97 Å². The smallest absolute Gasteiger partial charge is 0.323 e. The molecule has 1 aromatic carbocycles. The Morgan fingerprint density at radius 1 is 1.33 bits per heavy atom. The van der Waals surface area contributed by atoms with Crippen molar-refractivity contribution in [2.24, 2.45) is 0 Å². The number of nitrogens with zero attached hydrogens (tertiary/aromatic N) is 2. The predicted octanol–water partition coefficient (Wildman–Crippen LogP) is 1.57. The van der Waals surface area contributed by atoms with Crippen molar-refractivity contribution in [3.63, 3.8) is 0 Å².